The molecule has 0 amide bonds. The standard InChI is InChI=1S/C13H16N2O2S/c1-8(2)17-12(16)9(3)18-13-14-10-6-4-5-7-11(10)15-13/h4-9H,1-3H3,(H,14,15)/t9-/m0/s1. The largest absolute Gasteiger partial charge is 0.462 e. The van der Waals surface area contributed by atoms with Gasteiger partial charge in [0.1, 0.15) is 5.25 Å². The average Bonchev–Trinajstić information content (AvgIpc) is 2.69. The number of hydrogen-bond donors (Lipinski definition) is 1. The van der Waals surface area contributed by atoms with Crippen molar-refractivity contribution in [3.63, 3.8) is 0 Å². The minimum atomic E-state index is -0.270. The van der Waals surface area contributed by atoms with Gasteiger partial charge in [0.25, 0.3) is 0 Å². The first-order chi connectivity index (χ1) is 8.56. The zero-order valence-corrected chi connectivity index (χ0v) is 11.5. The Balaban J connectivity index is 2.06. The highest BCUT2D eigenvalue weighted by Gasteiger charge is 2.18. The van der Waals surface area contributed by atoms with E-state index in [1.165, 1.54) is 11.8 Å². The maximum atomic E-state index is 11.7. The monoisotopic (exact) mass is 264 g/mol. The Labute approximate surface area is 110 Å². The molecule has 0 fully saturated rings. The molecule has 1 aromatic carbocycles. The first-order valence-corrected chi connectivity index (χ1v) is 6.76. The van der Waals surface area contributed by atoms with Crippen molar-refractivity contribution < 1.29 is 9.53 Å². The van der Waals surface area contributed by atoms with Gasteiger partial charge in [0.05, 0.1) is 17.1 Å². The number of aromatic nitrogens is 2. The number of para-hydroxylation sites is 2. The van der Waals surface area contributed by atoms with Gasteiger partial charge in [-0.05, 0) is 32.9 Å². The molecule has 0 aliphatic carbocycles. The van der Waals surface area contributed by atoms with Gasteiger partial charge >= 0.3 is 5.97 Å². The van der Waals surface area contributed by atoms with E-state index in [4.69, 9.17) is 4.74 Å². The second-order valence-electron chi connectivity index (χ2n) is 4.30. The molecule has 4 nitrogen and oxygen atoms in total. The number of rotatable bonds is 4. The predicted molar refractivity (Wildman–Crippen MR) is 72.6 cm³/mol. The summed E-state index contributed by atoms with van der Waals surface area (Å²) in [5.41, 5.74) is 1.88. The minimum absolute atomic E-state index is 0.0868. The van der Waals surface area contributed by atoms with Crippen molar-refractivity contribution in [3.8, 4) is 0 Å². The van der Waals surface area contributed by atoms with Crippen molar-refractivity contribution in [2.45, 2.75) is 37.3 Å². The summed E-state index contributed by atoms with van der Waals surface area (Å²) in [5.74, 6) is -0.213. The molecule has 1 N–H and O–H groups in total. The van der Waals surface area contributed by atoms with Gasteiger partial charge < -0.3 is 9.72 Å². The van der Waals surface area contributed by atoms with E-state index in [2.05, 4.69) is 9.97 Å². The number of carbonyl (C=O) groups is 1. The molecule has 0 unspecified atom stereocenters. The van der Waals surface area contributed by atoms with E-state index >= 15 is 0 Å². The molecule has 0 radical (unpaired) electrons. The molecule has 0 bridgehead atoms. The van der Waals surface area contributed by atoms with Crippen molar-refractivity contribution in [2.24, 2.45) is 0 Å². The van der Waals surface area contributed by atoms with Gasteiger partial charge in [-0.1, -0.05) is 23.9 Å². The van der Waals surface area contributed by atoms with Gasteiger partial charge in [-0.25, -0.2) is 4.98 Å². The molecule has 0 saturated heterocycles. The van der Waals surface area contributed by atoms with Crippen molar-refractivity contribution in [2.75, 3.05) is 0 Å². The number of H-pyrrole nitrogens is 1. The Morgan fingerprint density at radius 2 is 2.06 bits per heavy atom. The van der Waals surface area contributed by atoms with Gasteiger partial charge in [-0.15, -0.1) is 0 Å². The van der Waals surface area contributed by atoms with Gasteiger partial charge in [-0.2, -0.15) is 0 Å². The number of nitrogens with one attached hydrogen (secondary N) is 1. The topological polar surface area (TPSA) is 55.0 Å². The van der Waals surface area contributed by atoms with Crippen molar-refractivity contribution in [1.29, 1.82) is 0 Å². The maximum Gasteiger partial charge on any atom is 0.319 e. The number of hydrogen-bond acceptors (Lipinski definition) is 4. The number of nitrogens with zero attached hydrogens (tertiary/aromatic N) is 1. The number of aromatic amines is 1. The van der Waals surface area contributed by atoms with E-state index < -0.39 is 0 Å². The number of esters is 1. The van der Waals surface area contributed by atoms with Crippen molar-refractivity contribution >= 4 is 28.8 Å². The molecule has 0 spiro atoms. The van der Waals surface area contributed by atoms with E-state index in [-0.39, 0.29) is 17.3 Å². The van der Waals surface area contributed by atoms with E-state index in [0.29, 0.717) is 0 Å². The zero-order chi connectivity index (χ0) is 13.1. The van der Waals surface area contributed by atoms with Crippen LogP contribution in [0, 0.1) is 0 Å². The Hall–Kier alpha value is -1.49. The third-order valence-electron chi connectivity index (χ3n) is 2.34. The van der Waals surface area contributed by atoms with Gasteiger partial charge in [-0.3, -0.25) is 4.79 Å². The summed E-state index contributed by atoms with van der Waals surface area (Å²) < 4.78 is 5.16. The lowest BCUT2D eigenvalue weighted by atomic mass is 10.3. The van der Waals surface area contributed by atoms with Crippen LogP contribution < -0.4 is 0 Å². The summed E-state index contributed by atoms with van der Waals surface area (Å²) in [6, 6.07) is 7.79. The van der Waals surface area contributed by atoms with Crippen LogP contribution in [0.15, 0.2) is 29.4 Å². The highest BCUT2D eigenvalue weighted by Crippen LogP contribution is 2.24. The summed E-state index contributed by atoms with van der Waals surface area (Å²) in [6.07, 6.45) is -0.0868. The lowest BCUT2D eigenvalue weighted by molar-refractivity contribution is -0.146. The molecule has 96 valence electrons. The summed E-state index contributed by atoms with van der Waals surface area (Å²) in [7, 11) is 0. The van der Waals surface area contributed by atoms with Gasteiger partial charge in [0.15, 0.2) is 5.16 Å². The molecule has 5 heteroatoms. The van der Waals surface area contributed by atoms with Crippen LogP contribution in [0.1, 0.15) is 20.8 Å². The number of benzene rings is 1. The van der Waals surface area contributed by atoms with Crippen LogP contribution in [0.25, 0.3) is 11.0 Å². The number of fused-ring (bicyclic) bond motifs is 1. The van der Waals surface area contributed by atoms with Crippen LogP contribution in [0.5, 0.6) is 0 Å². The van der Waals surface area contributed by atoms with Crippen LogP contribution in [0.4, 0.5) is 0 Å². The molecule has 2 aromatic rings. The number of carbonyl (C=O) groups excluding carboxylic acids is 1. The third kappa shape index (κ3) is 3.04. The smallest absolute Gasteiger partial charge is 0.319 e. The highest BCUT2D eigenvalue weighted by molar-refractivity contribution is 8.00. The summed E-state index contributed by atoms with van der Waals surface area (Å²) in [5, 5.41) is 0.470. The second-order valence-corrected chi connectivity index (χ2v) is 5.63. The molecular weight excluding hydrogens is 248 g/mol. The van der Waals surface area contributed by atoms with Gasteiger partial charge in [0.2, 0.25) is 0 Å². The van der Waals surface area contributed by atoms with E-state index in [1.807, 2.05) is 45.0 Å². The zero-order valence-electron chi connectivity index (χ0n) is 10.6. The summed E-state index contributed by atoms with van der Waals surface area (Å²) in [6.45, 7) is 5.51. The average molecular weight is 264 g/mol. The van der Waals surface area contributed by atoms with E-state index in [0.717, 1.165) is 16.2 Å². The molecule has 1 heterocycles. The van der Waals surface area contributed by atoms with E-state index in [9.17, 15) is 4.79 Å². The van der Waals surface area contributed by atoms with Crippen molar-refractivity contribution in [3.05, 3.63) is 24.3 Å². The first-order valence-electron chi connectivity index (χ1n) is 5.88. The fraction of sp³-hybridized carbons (Fsp3) is 0.385. The molecule has 18 heavy (non-hydrogen) atoms. The molecule has 0 aliphatic heterocycles. The molecule has 0 saturated carbocycles. The first kappa shape index (κ1) is 13.0. The highest BCUT2D eigenvalue weighted by atomic mass is 32.2. The molecule has 1 aromatic heterocycles. The van der Waals surface area contributed by atoms with Crippen LogP contribution in [0.3, 0.4) is 0 Å². The third-order valence-corrected chi connectivity index (χ3v) is 3.30. The SMILES string of the molecule is CC(C)OC(=O)[C@H](C)Sc1nc2ccccc2[nH]1. The van der Waals surface area contributed by atoms with Crippen LogP contribution in [-0.2, 0) is 9.53 Å². The van der Waals surface area contributed by atoms with Crippen molar-refractivity contribution in [1.82, 2.24) is 9.97 Å². The van der Waals surface area contributed by atoms with E-state index in [1.54, 1.807) is 0 Å². The number of ether oxygens (including phenoxy) is 1. The van der Waals surface area contributed by atoms with Gasteiger partial charge in [0, 0.05) is 0 Å². The summed E-state index contributed by atoms with van der Waals surface area (Å²) >= 11 is 1.38. The van der Waals surface area contributed by atoms with Crippen LogP contribution >= 0.6 is 11.8 Å². The number of imidazole rings is 1. The summed E-state index contributed by atoms with van der Waals surface area (Å²) in [4.78, 5) is 19.3. The lowest BCUT2D eigenvalue weighted by Gasteiger charge is -2.11. The Kier molecular flexibility index (Phi) is 3.91. The molecular formula is C13H16N2O2S. The fourth-order valence-corrected chi connectivity index (χ4v) is 2.34. The molecule has 1 atom stereocenters. The van der Waals surface area contributed by atoms with Crippen LogP contribution in [0.2, 0.25) is 0 Å². The minimum Gasteiger partial charge on any atom is -0.462 e. The Morgan fingerprint density at radius 1 is 1.33 bits per heavy atom. The normalized spacial score (nSPS) is 12.9. The maximum absolute atomic E-state index is 11.7. The fourth-order valence-electron chi connectivity index (χ4n) is 1.53. The quantitative estimate of drug-likeness (QED) is 0.681. The molecule has 0 aliphatic rings. The second kappa shape index (κ2) is 5.44. The Morgan fingerprint density at radius 3 is 2.72 bits per heavy atom. The van der Waals surface area contributed by atoms with Crippen LogP contribution in [-0.4, -0.2) is 27.3 Å². The lowest BCUT2D eigenvalue weighted by Crippen LogP contribution is -2.20. The Bertz CT molecular complexity index is 518. The molecule has 2 rings (SSSR count). The number of thioether (sulfide) groups is 1. The predicted octanol–water partition coefficient (Wildman–Crippen LogP) is 3.00.